The van der Waals surface area contributed by atoms with Crippen LogP contribution in [0, 0.1) is 0 Å². The maximum absolute atomic E-state index is 12.2. The molecule has 0 amide bonds. The van der Waals surface area contributed by atoms with Crippen molar-refractivity contribution in [3.63, 3.8) is 0 Å². The van der Waals surface area contributed by atoms with Crippen LogP contribution >= 0.6 is 11.3 Å². The van der Waals surface area contributed by atoms with Gasteiger partial charge in [0.05, 0.1) is 6.42 Å². The van der Waals surface area contributed by atoms with Crippen molar-refractivity contribution in [1.82, 2.24) is 10.0 Å². The number of sulfonamides is 1. The Balaban J connectivity index is 2.71. The number of rotatable bonds is 7. The van der Waals surface area contributed by atoms with Crippen LogP contribution in [0.3, 0.4) is 0 Å². The zero-order valence-electron chi connectivity index (χ0n) is 11.1. The first kappa shape index (κ1) is 17.4. The van der Waals surface area contributed by atoms with Gasteiger partial charge in [-0.15, -0.1) is 11.3 Å². The fourth-order valence-corrected chi connectivity index (χ4v) is 4.04. The predicted molar refractivity (Wildman–Crippen MR) is 72.2 cm³/mol. The summed E-state index contributed by atoms with van der Waals surface area (Å²) in [5.74, 6) is 0. The Hall–Kier alpha value is -0.640. The van der Waals surface area contributed by atoms with E-state index in [1.54, 1.807) is 5.38 Å². The van der Waals surface area contributed by atoms with Crippen LogP contribution in [0.15, 0.2) is 15.7 Å². The van der Waals surface area contributed by atoms with Crippen molar-refractivity contribution < 1.29 is 21.6 Å². The molecule has 9 heteroatoms. The molecular weight excluding hydrogens is 313 g/mol. The zero-order chi connectivity index (χ0) is 15.4. The summed E-state index contributed by atoms with van der Waals surface area (Å²) in [4.78, 5) is 0. The molecule has 116 valence electrons. The summed E-state index contributed by atoms with van der Waals surface area (Å²) in [6.45, 7) is 4.39. The molecule has 4 nitrogen and oxygen atoms in total. The van der Waals surface area contributed by atoms with Crippen LogP contribution in [-0.2, 0) is 16.6 Å². The number of alkyl halides is 3. The lowest BCUT2D eigenvalue weighted by Gasteiger charge is -2.15. The Morgan fingerprint density at radius 2 is 2.05 bits per heavy atom. The summed E-state index contributed by atoms with van der Waals surface area (Å²) < 4.78 is 62.5. The average molecular weight is 330 g/mol. The van der Waals surface area contributed by atoms with Gasteiger partial charge in [0.15, 0.2) is 0 Å². The summed E-state index contributed by atoms with van der Waals surface area (Å²) in [6.07, 6.45) is -5.59. The molecule has 0 aliphatic carbocycles. The van der Waals surface area contributed by atoms with Gasteiger partial charge in [-0.3, -0.25) is 0 Å². The van der Waals surface area contributed by atoms with Crippen molar-refractivity contribution in [2.45, 2.75) is 43.2 Å². The molecule has 1 aromatic heterocycles. The molecule has 0 saturated heterocycles. The van der Waals surface area contributed by atoms with Gasteiger partial charge in [-0.05, 0) is 30.5 Å². The summed E-state index contributed by atoms with van der Waals surface area (Å²) >= 11 is 0.995. The lowest BCUT2D eigenvalue weighted by molar-refractivity contribution is -0.137. The molecule has 0 aliphatic heterocycles. The highest BCUT2D eigenvalue weighted by molar-refractivity contribution is 7.91. The first-order valence-electron chi connectivity index (χ1n) is 6.01. The molecule has 1 aromatic rings. The molecule has 0 radical (unpaired) electrons. The van der Waals surface area contributed by atoms with E-state index in [2.05, 4.69) is 5.32 Å². The maximum atomic E-state index is 12.2. The van der Waals surface area contributed by atoms with Crippen molar-refractivity contribution in [3.05, 3.63) is 17.0 Å². The van der Waals surface area contributed by atoms with Gasteiger partial charge < -0.3 is 5.32 Å². The summed E-state index contributed by atoms with van der Waals surface area (Å²) in [7, 11) is -3.90. The van der Waals surface area contributed by atoms with Crippen molar-refractivity contribution in [2.75, 3.05) is 6.54 Å². The van der Waals surface area contributed by atoms with E-state index in [1.165, 1.54) is 13.0 Å². The largest absolute Gasteiger partial charge is 0.390 e. The normalized spacial score (nSPS) is 14.4. The highest BCUT2D eigenvalue weighted by Crippen LogP contribution is 2.24. The average Bonchev–Trinajstić information content (AvgIpc) is 2.71. The van der Waals surface area contributed by atoms with E-state index in [0.29, 0.717) is 6.54 Å². The Labute approximate surface area is 120 Å². The quantitative estimate of drug-likeness (QED) is 0.807. The summed E-state index contributed by atoms with van der Waals surface area (Å²) in [6, 6.07) is 0.273. The van der Waals surface area contributed by atoms with Crippen LogP contribution in [0.1, 0.15) is 25.8 Å². The van der Waals surface area contributed by atoms with Gasteiger partial charge in [-0.25, -0.2) is 13.1 Å². The van der Waals surface area contributed by atoms with Crippen molar-refractivity contribution in [3.8, 4) is 0 Å². The van der Waals surface area contributed by atoms with E-state index in [0.717, 1.165) is 23.4 Å². The van der Waals surface area contributed by atoms with Gasteiger partial charge in [0, 0.05) is 12.6 Å². The summed E-state index contributed by atoms with van der Waals surface area (Å²) in [5, 5.41) is 4.72. The Bertz CT molecular complexity index is 526. The minimum atomic E-state index is -4.40. The zero-order valence-corrected chi connectivity index (χ0v) is 12.8. The minimum absolute atomic E-state index is 0.0272. The third-order valence-corrected chi connectivity index (χ3v) is 5.45. The SMILES string of the molecule is CCNCc1csc(S(=O)(=O)NC(C)CC(F)(F)F)c1. The molecular formula is C11H17F3N2O2S2. The number of hydrogen-bond acceptors (Lipinski definition) is 4. The second-order valence-corrected chi connectivity index (χ2v) is 7.25. The molecule has 2 N–H and O–H groups in total. The summed E-state index contributed by atoms with van der Waals surface area (Å²) in [5.41, 5.74) is 0.792. The van der Waals surface area contributed by atoms with Crippen molar-refractivity contribution in [1.29, 1.82) is 0 Å². The van der Waals surface area contributed by atoms with Gasteiger partial charge in [0.2, 0.25) is 10.0 Å². The molecule has 20 heavy (non-hydrogen) atoms. The van der Waals surface area contributed by atoms with E-state index < -0.39 is 28.7 Å². The minimum Gasteiger partial charge on any atom is -0.313 e. The Morgan fingerprint density at radius 1 is 1.40 bits per heavy atom. The smallest absolute Gasteiger partial charge is 0.313 e. The molecule has 0 bridgehead atoms. The molecule has 1 atom stereocenters. The third kappa shape index (κ3) is 5.78. The van der Waals surface area contributed by atoms with Gasteiger partial charge in [-0.2, -0.15) is 13.2 Å². The molecule has 0 aliphatic rings. The molecule has 0 spiro atoms. The molecule has 1 rings (SSSR count). The van der Waals surface area contributed by atoms with Gasteiger partial charge in [0.25, 0.3) is 0 Å². The highest BCUT2D eigenvalue weighted by Gasteiger charge is 2.32. The lowest BCUT2D eigenvalue weighted by Crippen LogP contribution is -2.35. The first-order chi connectivity index (χ1) is 9.14. The van der Waals surface area contributed by atoms with E-state index in [-0.39, 0.29) is 4.21 Å². The highest BCUT2D eigenvalue weighted by atomic mass is 32.2. The molecule has 0 fully saturated rings. The van der Waals surface area contributed by atoms with E-state index in [9.17, 15) is 21.6 Å². The molecule has 0 aromatic carbocycles. The number of hydrogen-bond donors (Lipinski definition) is 2. The topological polar surface area (TPSA) is 58.2 Å². The predicted octanol–water partition coefficient (Wildman–Crippen LogP) is 2.48. The second-order valence-electron chi connectivity index (χ2n) is 4.40. The number of nitrogens with one attached hydrogen (secondary N) is 2. The first-order valence-corrected chi connectivity index (χ1v) is 8.37. The molecule has 0 saturated carbocycles. The fraction of sp³-hybridized carbons (Fsp3) is 0.636. The molecule has 1 heterocycles. The standard InChI is InChI=1S/C11H17F3N2O2S2/c1-3-15-6-9-4-10(19-7-9)20(17,18)16-8(2)5-11(12,13)14/h4,7-8,15-16H,3,5-6H2,1-2H3. The van der Waals surface area contributed by atoms with E-state index >= 15 is 0 Å². The lowest BCUT2D eigenvalue weighted by atomic mass is 10.2. The molecule has 1 unspecified atom stereocenters. The fourth-order valence-electron chi connectivity index (χ4n) is 1.57. The Morgan fingerprint density at radius 3 is 2.60 bits per heavy atom. The van der Waals surface area contributed by atoms with E-state index in [4.69, 9.17) is 0 Å². The van der Waals surface area contributed by atoms with Crippen LogP contribution in [0.2, 0.25) is 0 Å². The Kier molecular flexibility index (Phi) is 5.99. The van der Waals surface area contributed by atoms with Gasteiger partial charge >= 0.3 is 6.18 Å². The van der Waals surface area contributed by atoms with Crippen LogP contribution in [0.4, 0.5) is 13.2 Å². The van der Waals surface area contributed by atoms with Crippen LogP contribution in [0.5, 0.6) is 0 Å². The van der Waals surface area contributed by atoms with Crippen LogP contribution in [-0.4, -0.2) is 27.2 Å². The van der Waals surface area contributed by atoms with Crippen LogP contribution in [0.25, 0.3) is 0 Å². The van der Waals surface area contributed by atoms with Gasteiger partial charge in [-0.1, -0.05) is 6.92 Å². The monoisotopic (exact) mass is 330 g/mol. The van der Waals surface area contributed by atoms with Crippen LogP contribution < -0.4 is 10.0 Å². The van der Waals surface area contributed by atoms with E-state index in [1.807, 2.05) is 11.6 Å². The van der Waals surface area contributed by atoms with Crippen molar-refractivity contribution >= 4 is 21.4 Å². The number of thiophene rings is 1. The third-order valence-electron chi connectivity index (χ3n) is 2.37. The van der Waals surface area contributed by atoms with Gasteiger partial charge in [0.1, 0.15) is 4.21 Å². The maximum Gasteiger partial charge on any atom is 0.390 e. The van der Waals surface area contributed by atoms with Crippen molar-refractivity contribution in [2.24, 2.45) is 0 Å². The second kappa shape index (κ2) is 6.88. The number of halogens is 3.